The molecule has 0 saturated carbocycles. The van der Waals surface area contributed by atoms with E-state index >= 15 is 0 Å². The van der Waals surface area contributed by atoms with Gasteiger partial charge in [-0.1, -0.05) is 31.5 Å². The number of rotatable bonds is 3. The van der Waals surface area contributed by atoms with Crippen LogP contribution in [0.4, 0.5) is 4.39 Å². The molecule has 0 aliphatic carbocycles. The molecule has 0 heterocycles. The number of nitrogens with two attached hydrogens (primary N) is 1. The predicted molar refractivity (Wildman–Crippen MR) is 58.1 cm³/mol. The number of benzene rings is 1. The third-order valence-electron chi connectivity index (χ3n) is 2.43. The lowest BCUT2D eigenvalue weighted by Gasteiger charge is -2.25. The van der Waals surface area contributed by atoms with Crippen molar-refractivity contribution in [2.24, 2.45) is 5.73 Å². The lowest BCUT2D eigenvalue weighted by Crippen LogP contribution is -2.23. The zero-order valence-corrected chi connectivity index (χ0v) is 9.24. The summed E-state index contributed by atoms with van der Waals surface area (Å²) in [7, 11) is 0. The van der Waals surface area contributed by atoms with Gasteiger partial charge in [0.15, 0.2) is 0 Å². The molecule has 0 saturated heterocycles. The zero-order valence-electron chi connectivity index (χ0n) is 8.48. The van der Waals surface area contributed by atoms with Crippen LogP contribution in [0.2, 0.25) is 5.02 Å². The van der Waals surface area contributed by atoms with Crippen LogP contribution in [0, 0.1) is 5.82 Å². The van der Waals surface area contributed by atoms with Gasteiger partial charge in [0, 0.05) is 5.02 Å². The van der Waals surface area contributed by atoms with Crippen molar-refractivity contribution in [2.75, 3.05) is 6.54 Å². The third-order valence-corrected chi connectivity index (χ3v) is 2.66. The fourth-order valence-corrected chi connectivity index (χ4v) is 1.69. The minimum Gasteiger partial charge on any atom is -0.330 e. The molecule has 0 aliphatic rings. The molecule has 1 aromatic rings. The number of halogens is 2. The Morgan fingerprint density at radius 1 is 1.43 bits per heavy atom. The highest BCUT2D eigenvalue weighted by atomic mass is 35.5. The second-order valence-corrected chi connectivity index (χ2v) is 4.48. The van der Waals surface area contributed by atoms with E-state index in [0.717, 1.165) is 6.42 Å². The summed E-state index contributed by atoms with van der Waals surface area (Å²) in [6.07, 6.45) is 0.756. The molecule has 3 heteroatoms. The maximum atomic E-state index is 13.5. The van der Waals surface area contributed by atoms with Crippen molar-refractivity contribution in [1.29, 1.82) is 0 Å². The van der Waals surface area contributed by atoms with Gasteiger partial charge >= 0.3 is 0 Å². The van der Waals surface area contributed by atoms with Gasteiger partial charge in [-0.2, -0.15) is 0 Å². The quantitative estimate of drug-likeness (QED) is 0.824. The van der Waals surface area contributed by atoms with Gasteiger partial charge in [0.05, 0.1) is 0 Å². The van der Waals surface area contributed by atoms with E-state index in [0.29, 0.717) is 17.1 Å². The Balaban J connectivity index is 3.06. The van der Waals surface area contributed by atoms with E-state index in [1.165, 1.54) is 6.07 Å². The summed E-state index contributed by atoms with van der Waals surface area (Å²) < 4.78 is 13.5. The van der Waals surface area contributed by atoms with E-state index in [9.17, 15) is 4.39 Å². The first-order valence-electron chi connectivity index (χ1n) is 4.63. The Bertz CT molecular complexity index is 323. The van der Waals surface area contributed by atoms with Crippen molar-refractivity contribution >= 4 is 11.6 Å². The summed E-state index contributed by atoms with van der Waals surface area (Å²) in [5.41, 5.74) is 5.92. The largest absolute Gasteiger partial charge is 0.330 e. The molecule has 1 rings (SSSR count). The normalized spacial score (nSPS) is 11.8. The van der Waals surface area contributed by atoms with Crippen molar-refractivity contribution < 1.29 is 4.39 Å². The Kier molecular flexibility index (Phi) is 3.51. The molecule has 0 spiro atoms. The van der Waals surface area contributed by atoms with E-state index in [4.69, 9.17) is 17.3 Å². The highest BCUT2D eigenvalue weighted by molar-refractivity contribution is 6.30. The summed E-state index contributed by atoms with van der Waals surface area (Å²) in [6, 6.07) is 4.78. The van der Waals surface area contributed by atoms with Gasteiger partial charge in [-0.15, -0.1) is 0 Å². The average molecular weight is 216 g/mol. The summed E-state index contributed by atoms with van der Waals surface area (Å²) >= 11 is 5.68. The Morgan fingerprint density at radius 2 is 2.07 bits per heavy atom. The first kappa shape index (κ1) is 11.5. The van der Waals surface area contributed by atoms with E-state index in [1.54, 1.807) is 12.1 Å². The van der Waals surface area contributed by atoms with E-state index in [1.807, 2.05) is 13.8 Å². The minimum absolute atomic E-state index is 0.233. The molecule has 1 aromatic carbocycles. The van der Waals surface area contributed by atoms with Crippen LogP contribution < -0.4 is 5.73 Å². The van der Waals surface area contributed by atoms with Gasteiger partial charge in [-0.05, 0) is 36.1 Å². The first-order chi connectivity index (χ1) is 6.47. The first-order valence-corrected chi connectivity index (χ1v) is 5.01. The van der Waals surface area contributed by atoms with E-state index in [2.05, 4.69) is 0 Å². The molecule has 0 radical (unpaired) electrons. The molecule has 0 aromatic heterocycles. The summed E-state index contributed by atoms with van der Waals surface area (Å²) in [5, 5.41) is 0.426. The van der Waals surface area contributed by atoms with Crippen LogP contribution in [-0.4, -0.2) is 6.54 Å². The highest BCUT2D eigenvalue weighted by Crippen LogP contribution is 2.29. The van der Waals surface area contributed by atoms with Crippen molar-refractivity contribution in [3.8, 4) is 0 Å². The molecule has 1 nitrogen and oxygen atoms in total. The summed E-state index contributed by atoms with van der Waals surface area (Å²) in [4.78, 5) is 0. The average Bonchev–Trinajstić information content (AvgIpc) is 2.02. The number of hydrogen-bond donors (Lipinski definition) is 1. The molecule has 0 unspecified atom stereocenters. The lowest BCUT2D eigenvalue weighted by molar-refractivity contribution is 0.456. The van der Waals surface area contributed by atoms with Crippen LogP contribution in [-0.2, 0) is 5.41 Å². The molecular weight excluding hydrogens is 201 g/mol. The second-order valence-electron chi connectivity index (χ2n) is 4.05. The van der Waals surface area contributed by atoms with E-state index < -0.39 is 0 Å². The maximum absolute atomic E-state index is 13.5. The van der Waals surface area contributed by atoms with Gasteiger partial charge in [-0.25, -0.2) is 4.39 Å². The third kappa shape index (κ3) is 2.46. The van der Waals surface area contributed by atoms with Crippen LogP contribution in [0.5, 0.6) is 0 Å². The van der Waals surface area contributed by atoms with Crippen LogP contribution in [0.1, 0.15) is 25.8 Å². The Hall–Kier alpha value is -0.600. The van der Waals surface area contributed by atoms with Gasteiger partial charge in [-0.3, -0.25) is 0 Å². The molecule has 0 aliphatic heterocycles. The SMILES string of the molecule is CC(C)(CCN)c1ccc(Cl)cc1F. The topological polar surface area (TPSA) is 26.0 Å². The molecule has 78 valence electrons. The van der Waals surface area contributed by atoms with Crippen LogP contribution in [0.3, 0.4) is 0 Å². The predicted octanol–water partition coefficient (Wildman–Crippen LogP) is 3.11. The fraction of sp³-hybridized carbons (Fsp3) is 0.455. The smallest absolute Gasteiger partial charge is 0.128 e. The van der Waals surface area contributed by atoms with Crippen LogP contribution >= 0.6 is 11.6 Å². The molecule has 0 atom stereocenters. The van der Waals surface area contributed by atoms with Crippen molar-refractivity contribution in [2.45, 2.75) is 25.7 Å². The molecule has 0 bridgehead atoms. The molecule has 2 N–H and O–H groups in total. The highest BCUT2D eigenvalue weighted by Gasteiger charge is 2.23. The molecular formula is C11H15ClFN. The van der Waals surface area contributed by atoms with Crippen LogP contribution in [0.25, 0.3) is 0 Å². The van der Waals surface area contributed by atoms with Gasteiger partial charge < -0.3 is 5.73 Å². The lowest BCUT2D eigenvalue weighted by atomic mass is 9.81. The van der Waals surface area contributed by atoms with Crippen molar-refractivity contribution in [1.82, 2.24) is 0 Å². The minimum atomic E-state index is -0.254. The molecule has 0 fully saturated rings. The summed E-state index contributed by atoms with van der Waals surface area (Å²) in [6.45, 7) is 4.51. The van der Waals surface area contributed by atoms with Gasteiger partial charge in [0.1, 0.15) is 5.82 Å². The number of hydrogen-bond acceptors (Lipinski definition) is 1. The van der Waals surface area contributed by atoms with Crippen molar-refractivity contribution in [3.63, 3.8) is 0 Å². The van der Waals surface area contributed by atoms with E-state index in [-0.39, 0.29) is 11.2 Å². The second kappa shape index (κ2) is 4.28. The standard InChI is InChI=1S/C11H15ClFN/c1-11(2,5-6-14)9-4-3-8(12)7-10(9)13/h3-4,7H,5-6,14H2,1-2H3. The Morgan fingerprint density at radius 3 is 2.57 bits per heavy atom. The molecule has 0 amide bonds. The zero-order chi connectivity index (χ0) is 10.8. The Labute approximate surface area is 89.1 Å². The monoisotopic (exact) mass is 215 g/mol. The fourth-order valence-electron chi connectivity index (χ4n) is 1.53. The maximum Gasteiger partial charge on any atom is 0.128 e. The molecule has 14 heavy (non-hydrogen) atoms. The van der Waals surface area contributed by atoms with Gasteiger partial charge in [0.2, 0.25) is 0 Å². The van der Waals surface area contributed by atoms with Gasteiger partial charge in [0.25, 0.3) is 0 Å². The van der Waals surface area contributed by atoms with Crippen LogP contribution in [0.15, 0.2) is 18.2 Å². The summed E-state index contributed by atoms with van der Waals surface area (Å²) in [5.74, 6) is -0.254. The van der Waals surface area contributed by atoms with Crippen molar-refractivity contribution in [3.05, 3.63) is 34.6 Å².